The van der Waals surface area contributed by atoms with Gasteiger partial charge in [-0.15, -0.1) is 0 Å². The van der Waals surface area contributed by atoms with Crippen molar-refractivity contribution in [2.45, 2.75) is 52.3 Å². The third kappa shape index (κ3) is 3.99. The largest absolute Gasteiger partial charge is 0.309 e. The summed E-state index contributed by atoms with van der Waals surface area (Å²) in [7, 11) is 0. The first-order valence-corrected chi connectivity index (χ1v) is 7.72. The van der Waals surface area contributed by atoms with Gasteiger partial charge in [0, 0.05) is 28.7 Å². The van der Waals surface area contributed by atoms with E-state index in [1.165, 1.54) is 11.1 Å². The highest BCUT2D eigenvalue weighted by molar-refractivity contribution is 7.99. The van der Waals surface area contributed by atoms with Crippen LogP contribution in [0.2, 0.25) is 0 Å². The average molecular weight is 266 g/mol. The fourth-order valence-corrected chi connectivity index (χ4v) is 2.49. The molecule has 102 valence electrons. The van der Waals surface area contributed by atoms with E-state index in [0.29, 0.717) is 6.04 Å². The highest BCUT2D eigenvalue weighted by atomic mass is 32.2. The maximum absolute atomic E-state index is 4.57. The summed E-state index contributed by atoms with van der Waals surface area (Å²) in [6.45, 7) is 14.1. The second kappa shape index (κ2) is 6.07. The van der Waals surface area contributed by atoms with Crippen molar-refractivity contribution in [3.63, 3.8) is 0 Å². The first-order chi connectivity index (χ1) is 8.26. The summed E-state index contributed by atoms with van der Waals surface area (Å²) in [4.78, 5) is 4.57. The zero-order valence-corrected chi connectivity index (χ0v) is 13.5. The van der Waals surface area contributed by atoms with E-state index < -0.39 is 0 Å². The molecule has 0 fully saturated rings. The van der Waals surface area contributed by atoms with E-state index in [9.17, 15) is 0 Å². The van der Waals surface area contributed by atoms with Crippen molar-refractivity contribution in [1.82, 2.24) is 10.3 Å². The molecule has 0 radical (unpaired) electrons. The summed E-state index contributed by atoms with van der Waals surface area (Å²) >= 11 is 1.90. The Labute approximate surface area is 116 Å². The van der Waals surface area contributed by atoms with Gasteiger partial charge in [0.2, 0.25) is 0 Å². The molecular formula is C15H26N2S. The molecular weight excluding hydrogens is 240 g/mol. The highest BCUT2D eigenvalue weighted by Crippen LogP contribution is 2.24. The topological polar surface area (TPSA) is 24.9 Å². The lowest BCUT2D eigenvalue weighted by molar-refractivity contribution is 0.518. The van der Waals surface area contributed by atoms with Gasteiger partial charge in [0.15, 0.2) is 0 Å². The molecule has 1 rings (SSSR count). The molecule has 3 heteroatoms. The molecule has 1 atom stereocenters. The van der Waals surface area contributed by atoms with Gasteiger partial charge in [-0.1, -0.05) is 0 Å². The number of hydrogen-bond acceptors (Lipinski definition) is 3. The summed E-state index contributed by atoms with van der Waals surface area (Å²) < 4.78 is 0.272. The number of aromatic nitrogens is 1. The number of rotatable bonds is 5. The molecule has 1 unspecified atom stereocenters. The number of thioether (sulfide) groups is 1. The number of aryl methyl sites for hydroxylation is 3. The van der Waals surface area contributed by atoms with Crippen molar-refractivity contribution in [1.29, 1.82) is 0 Å². The molecule has 1 N–H and O–H groups in total. The summed E-state index contributed by atoms with van der Waals surface area (Å²) in [6.07, 6.45) is 2.16. The van der Waals surface area contributed by atoms with E-state index in [1.807, 2.05) is 11.8 Å². The predicted molar refractivity (Wildman–Crippen MR) is 82.5 cm³/mol. The molecule has 18 heavy (non-hydrogen) atoms. The number of hydrogen-bond donors (Lipinski definition) is 1. The molecule has 1 aromatic heterocycles. The Kier molecular flexibility index (Phi) is 5.23. The van der Waals surface area contributed by atoms with E-state index in [1.54, 1.807) is 0 Å². The number of nitrogens with zero attached hydrogens (tertiary/aromatic N) is 1. The van der Waals surface area contributed by atoms with Crippen LogP contribution in [0, 0.1) is 20.8 Å². The highest BCUT2D eigenvalue weighted by Gasteiger charge is 2.19. The fraction of sp³-hybridized carbons (Fsp3) is 0.667. The van der Waals surface area contributed by atoms with Gasteiger partial charge in [0.05, 0.1) is 0 Å². The third-order valence-electron chi connectivity index (χ3n) is 3.40. The molecule has 0 aliphatic rings. The minimum absolute atomic E-state index is 0.272. The van der Waals surface area contributed by atoms with Gasteiger partial charge < -0.3 is 5.32 Å². The summed E-state index contributed by atoms with van der Waals surface area (Å²) in [5.74, 6) is 0. The van der Waals surface area contributed by atoms with Crippen molar-refractivity contribution >= 4 is 11.8 Å². The molecule has 0 aliphatic heterocycles. The van der Waals surface area contributed by atoms with Crippen molar-refractivity contribution in [2.75, 3.05) is 12.8 Å². The second-order valence-corrected chi connectivity index (χ2v) is 7.16. The Bertz CT molecular complexity index is 390. The van der Waals surface area contributed by atoms with Gasteiger partial charge in [0.25, 0.3) is 0 Å². The fourth-order valence-electron chi connectivity index (χ4n) is 2.26. The van der Waals surface area contributed by atoms with Gasteiger partial charge in [-0.3, -0.25) is 4.98 Å². The standard InChI is InChI=1S/C15H26N2S/c1-10-8-11(2)17-13(4)14(10)12(3)16-9-15(5,6)18-7/h8,12,16H,9H2,1-7H3. The first kappa shape index (κ1) is 15.5. The van der Waals surface area contributed by atoms with Crippen molar-refractivity contribution in [2.24, 2.45) is 0 Å². The molecule has 2 nitrogen and oxygen atoms in total. The smallest absolute Gasteiger partial charge is 0.0426 e. The minimum Gasteiger partial charge on any atom is -0.309 e. The van der Waals surface area contributed by atoms with Gasteiger partial charge in [-0.25, -0.2) is 0 Å². The molecule has 0 saturated heterocycles. The number of pyridine rings is 1. The Morgan fingerprint density at radius 2 is 1.94 bits per heavy atom. The van der Waals surface area contributed by atoms with Crippen LogP contribution in [-0.2, 0) is 0 Å². The van der Waals surface area contributed by atoms with E-state index in [-0.39, 0.29) is 4.75 Å². The van der Waals surface area contributed by atoms with Crippen LogP contribution in [-0.4, -0.2) is 22.5 Å². The van der Waals surface area contributed by atoms with E-state index >= 15 is 0 Å². The minimum atomic E-state index is 0.272. The summed E-state index contributed by atoms with van der Waals surface area (Å²) in [5.41, 5.74) is 4.93. The monoisotopic (exact) mass is 266 g/mol. The molecule has 0 saturated carbocycles. The van der Waals surface area contributed by atoms with Crippen LogP contribution in [0.1, 0.15) is 49.3 Å². The Balaban J connectivity index is 2.82. The Morgan fingerprint density at radius 1 is 1.33 bits per heavy atom. The van der Waals surface area contributed by atoms with Crippen LogP contribution in [0.5, 0.6) is 0 Å². The van der Waals surface area contributed by atoms with Crippen LogP contribution in [0.4, 0.5) is 0 Å². The van der Waals surface area contributed by atoms with Gasteiger partial charge in [-0.2, -0.15) is 11.8 Å². The SMILES string of the molecule is CSC(C)(C)CNC(C)c1c(C)cc(C)nc1C. The zero-order valence-electron chi connectivity index (χ0n) is 12.7. The van der Waals surface area contributed by atoms with Gasteiger partial charge in [0.1, 0.15) is 0 Å². The summed E-state index contributed by atoms with van der Waals surface area (Å²) in [5, 5.41) is 3.63. The van der Waals surface area contributed by atoms with Crippen LogP contribution in [0.3, 0.4) is 0 Å². The van der Waals surface area contributed by atoms with Crippen LogP contribution >= 0.6 is 11.8 Å². The van der Waals surface area contributed by atoms with Crippen LogP contribution in [0.15, 0.2) is 6.07 Å². The van der Waals surface area contributed by atoms with Crippen molar-refractivity contribution in [3.05, 3.63) is 28.6 Å². The Morgan fingerprint density at radius 3 is 2.44 bits per heavy atom. The van der Waals surface area contributed by atoms with Crippen molar-refractivity contribution < 1.29 is 0 Å². The van der Waals surface area contributed by atoms with Gasteiger partial charge >= 0.3 is 0 Å². The maximum atomic E-state index is 4.57. The van der Waals surface area contributed by atoms with E-state index in [0.717, 1.165) is 17.9 Å². The zero-order chi connectivity index (χ0) is 13.9. The molecule has 0 aliphatic carbocycles. The molecule has 0 aromatic carbocycles. The lowest BCUT2D eigenvalue weighted by Gasteiger charge is -2.26. The quantitative estimate of drug-likeness (QED) is 0.877. The predicted octanol–water partition coefficient (Wildman–Crippen LogP) is 3.80. The van der Waals surface area contributed by atoms with E-state index in [4.69, 9.17) is 0 Å². The Hall–Kier alpha value is -0.540. The molecule has 0 amide bonds. The van der Waals surface area contributed by atoms with E-state index in [2.05, 4.69) is 64.2 Å². The number of nitrogens with one attached hydrogen (secondary N) is 1. The van der Waals surface area contributed by atoms with Crippen LogP contribution < -0.4 is 5.32 Å². The molecule has 0 bridgehead atoms. The third-order valence-corrected chi connectivity index (χ3v) is 4.65. The average Bonchev–Trinajstić information content (AvgIpc) is 2.25. The lowest BCUT2D eigenvalue weighted by Crippen LogP contribution is -2.34. The maximum Gasteiger partial charge on any atom is 0.0426 e. The first-order valence-electron chi connectivity index (χ1n) is 6.50. The molecule has 1 heterocycles. The molecule has 0 spiro atoms. The lowest BCUT2D eigenvalue weighted by atomic mass is 10.00. The summed E-state index contributed by atoms with van der Waals surface area (Å²) in [6, 6.07) is 2.52. The van der Waals surface area contributed by atoms with Crippen LogP contribution in [0.25, 0.3) is 0 Å². The molecule has 1 aromatic rings. The normalized spacial score (nSPS) is 13.7. The second-order valence-electron chi connectivity index (χ2n) is 5.65. The van der Waals surface area contributed by atoms with Gasteiger partial charge in [-0.05, 0) is 65.0 Å². The van der Waals surface area contributed by atoms with Crippen molar-refractivity contribution in [3.8, 4) is 0 Å².